The summed E-state index contributed by atoms with van der Waals surface area (Å²) in [4.78, 5) is 6.54. The maximum atomic E-state index is 7.23. The molecule has 1 aromatic heterocycles. The standard InChI is InChI=1S/C10H14N2.5CHNS.Co/c1-12-7-3-5-10(12)9-4-2-6-11-8-9;5*2-1-3;/h2,4,6,8,10H,3,5,7H2,1H3;5*3H;/q;;;;;;+3/p+5. The third-order valence-corrected chi connectivity index (χ3v) is 2.59. The van der Waals surface area contributed by atoms with Crippen molar-refractivity contribution < 1.29 is 16.8 Å². The van der Waals surface area contributed by atoms with Crippen molar-refractivity contribution in [2.75, 3.05) is 13.6 Å². The fraction of sp³-hybridized carbons (Fsp3) is 0.333. The molecule has 2 heterocycles. The average molecular weight is 522 g/mol. The molecule has 7 nitrogen and oxygen atoms in total. The number of thiocyanates is 5. The molecule has 28 heavy (non-hydrogen) atoms. The van der Waals surface area contributed by atoms with Crippen LogP contribution in [0.25, 0.3) is 0 Å². The minimum atomic E-state index is 0. The van der Waals surface area contributed by atoms with E-state index in [-0.39, 0.29) is 16.8 Å². The smallest absolute Gasteiger partial charge is 0.299 e. The second kappa shape index (κ2) is 36.7. The van der Waals surface area contributed by atoms with Gasteiger partial charge in [0.2, 0.25) is 0 Å². The molecule has 1 atom stereocenters. The van der Waals surface area contributed by atoms with Crippen LogP contribution in [0.3, 0.4) is 0 Å². The molecule has 0 radical (unpaired) electrons. The van der Waals surface area contributed by atoms with Crippen molar-refractivity contribution in [1.82, 2.24) is 9.88 Å². The Morgan fingerprint density at radius 1 is 0.929 bits per heavy atom. The third-order valence-electron chi connectivity index (χ3n) is 2.59. The Balaban J connectivity index is -0.0000000930. The van der Waals surface area contributed by atoms with Crippen molar-refractivity contribution in [1.29, 1.82) is 26.3 Å². The van der Waals surface area contributed by atoms with Crippen LogP contribution in [0.15, 0.2) is 24.5 Å². The van der Waals surface area contributed by atoms with Gasteiger partial charge < -0.3 is 0 Å². The molecule has 1 aliphatic rings. The van der Waals surface area contributed by atoms with E-state index in [1.54, 1.807) is 27.0 Å². The van der Waals surface area contributed by atoms with Crippen LogP contribution in [-0.2, 0) is 79.9 Å². The number of nitriles is 5. The predicted octanol–water partition coefficient (Wildman–Crippen LogP) is -0.759. The van der Waals surface area contributed by atoms with Crippen LogP contribution in [0.2, 0.25) is 0 Å². The molecule has 0 N–H and O–H groups in total. The van der Waals surface area contributed by atoms with Gasteiger partial charge in [0.05, 0.1) is 63.1 Å². The zero-order valence-corrected chi connectivity index (χ0v) is 21.0. The van der Waals surface area contributed by atoms with Crippen LogP contribution >= 0.6 is 0 Å². The SMILES string of the molecule is CN1CCCC1c1cccnc1.N#C[SH2+].N#C[SH2+].N#C[SH2+].N#C[SH2+].N#C[SH2+].[Co+3]. The molecule has 0 aliphatic carbocycles. The summed E-state index contributed by atoms with van der Waals surface area (Å²) >= 11 is 12.4. The Morgan fingerprint density at radius 3 is 1.57 bits per heavy atom. The summed E-state index contributed by atoms with van der Waals surface area (Å²) in [5, 5.41) is 43.9. The Bertz CT molecular complexity index is 575. The first-order valence-corrected chi connectivity index (χ1v) is 9.35. The van der Waals surface area contributed by atoms with E-state index in [1.165, 1.54) is 24.9 Å². The van der Waals surface area contributed by atoms with Gasteiger partial charge >= 0.3 is 43.8 Å². The number of pyridine rings is 1. The van der Waals surface area contributed by atoms with Crippen molar-refractivity contribution in [3.8, 4) is 27.0 Å². The molecular formula is C15H24CoN7S5+8. The summed E-state index contributed by atoms with van der Waals surface area (Å²) in [5.74, 6) is 0. The fourth-order valence-electron chi connectivity index (χ4n) is 1.90. The molecule has 0 aromatic carbocycles. The van der Waals surface area contributed by atoms with Gasteiger partial charge in [-0.15, -0.1) is 26.3 Å². The van der Waals surface area contributed by atoms with Gasteiger partial charge in [-0.2, -0.15) is 0 Å². The van der Waals surface area contributed by atoms with E-state index in [0.29, 0.717) is 6.04 Å². The van der Waals surface area contributed by atoms with Crippen LogP contribution in [0.1, 0.15) is 24.4 Å². The van der Waals surface area contributed by atoms with Gasteiger partial charge in [0.25, 0.3) is 0 Å². The van der Waals surface area contributed by atoms with Crippen molar-refractivity contribution in [3.63, 3.8) is 0 Å². The number of hydrogen-bond acceptors (Lipinski definition) is 7. The molecule has 0 bridgehead atoms. The fourth-order valence-corrected chi connectivity index (χ4v) is 1.90. The predicted molar refractivity (Wildman–Crippen MR) is 128 cm³/mol. The Morgan fingerprint density at radius 2 is 1.32 bits per heavy atom. The van der Waals surface area contributed by atoms with Crippen molar-refractivity contribution >= 4 is 63.1 Å². The molecule has 0 saturated carbocycles. The molecule has 2 rings (SSSR count). The zero-order valence-electron chi connectivity index (χ0n) is 15.0. The summed E-state index contributed by atoms with van der Waals surface area (Å²) in [7, 11) is 2.19. The first kappa shape index (κ1) is 37.6. The van der Waals surface area contributed by atoms with E-state index in [4.69, 9.17) is 26.3 Å². The van der Waals surface area contributed by atoms with Gasteiger partial charge in [-0.3, -0.25) is 9.88 Å². The Kier molecular flexibility index (Phi) is 49.2. The summed E-state index contributed by atoms with van der Waals surface area (Å²) in [5.41, 5.74) is 1.36. The molecule has 1 unspecified atom stereocenters. The van der Waals surface area contributed by atoms with Crippen LogP contribution in [0, 0.1) is 53.3 Å². The van der Waals surface area contributed by atoms with E-state index in [2.05, 4.69) is 86.1 Å². The second-order valence-corrected chi connectivity index (χ2v) is 5.10. The van der Waals surface area contributed by atoms with Gasteiger partial charge in [0, 0.05) is 18.4 Å². The van der Waals surface area contributed by atoms with Crippen LogP contribution in [0.4, 0.5) is 0 Å². The Hall–Kier alpha value is -1.18. The number of aromatic nitrogens is 1. The van der Waals surface area contributed by atoms with Crippen molar-refractivity contribution in [2.45, 2.75) is 18.9 Å². The zero-order chi connectivity index (χ0) is 21.9. The number of likely N-dealkylation sites (tertiary alicyclic amines) is 1. The molecule has 1 aliphatic heterocycles. The summed E-state index contributed by atoms with van der Waals surface area (Å²) < 4.78 is 0. The quantitative estimate of drug-likeness (QED) is 0.350. The van der Waals surface area contributed by atoms with Crippen molar-refractivity contribution in [3.05, 3.63) is 30.1 Å². The maximum Gasteiger partial charge on any atom is 3.00 e. The summed E-state index contributed by atoms with van der Waals surface area (Å²) in [6.07, 6.45) is 6.41. The van der Waals surface area contributed by atoms with Gasteiger partial charge in [0.1, 0.15) is 0 Å². The normalized spacial score (nSPS) is 12.0. The summed E-state index contributed by atoms with van der Waals surface area (Å²) in [6.45, 7) is 1.22. The van der Waals surface area contributed by atoms with Crippen molar-refractivity contribution in [2.24, 2.45) is 0 Å². The van der Waals surface area contributed by atoms with E-state index in [0.717, 1.165) is 0 Å². The minimum absolute atomic E-state index is 0. The summed E-state index contributed by atoms with van der Waals surface area (Å²) in [6, 6.07) is 4.79. The van der Waals surface area contributed by atoms with Gasteiger partial charge in [-0.05, 0) is 38.1 Å². The van der Waals surface area contributed by atoms with Gasteiger partial charge in [-0.25, -0.2) is 0 Å². The molecule has 0 spiro atoms. The van der Waals surface area contributed by atoms with E-state index >= 15 is 0 Å². The minimum Gasteiger partial charge on any atom is -0.299 e. The first-order chi connectivity index (χ1) is 12.9. The average Bonchev–Trinajstić information content (AvgIpc) is 3.05. The number of nitrogens with zero attached hydrogens (tertiary/aromatic N) is 7. The van der Waals surface area contributed by atoms with Crippen LogP contribution < -0.4 is 0 Å². The number of rotatable bonds is 1. The molecule has 13 heteroatoms. The van der Waals surface area contributed by atoms with E-state index in [1.807, 2.05) is 18.5 Å². The van der Waals surface area contributed by atoms with Gasteiger partial charge in [-0.1, -0.05) is 6.07 Å². The topological polar surface area (TPSA) is 135 Å². The second-order valence-electron chi connectivity index (χ2n) is 3.98. The molecule has 0 amide bonds. The molecule has 1 saturated heterocycles. The Labute approximate surface area is 204 Å². The molecule has 1 fully saturated rings. The molecule has 1 aromatic rings. The molecule has 150 valence electrons. The maximum absolute atomic E-state index is 7.23. The van der Waals surface area contributed by atoms with Crippen LogP contribution in [0.5, 0.6) is 0 Å². The first-order valence-electron chi connectivity index (χ1n) is 6.85. The van der Waals surface area contributed by atoms with E-state index in [9.17, 15) is 0 Å². The largest absolute Gasteiger partial charge is 3.00 e. The molecular weight excluding hydrogens is 497 g/mol. The number of hydrogen-bond donors (Lipinski definition) is 0. The van der Waals surface area contributed by atoms with E-state index < -0.39 is 0 Å². The third kappa shape index (κ3) is 32.5. The van der Waals surface area contributed by atoms with Gasteiger partial charge in [0.15, 0.2) is 0 Å². The monoisotopic (exact) mass is 521 g/mol. The van der Waals surface area contributed by atoms with Crippen LogP contribution in [-0.4, -0.2) is 23.5 Å².